The highest BCUT2D eigenvalue weighted by Crippen LogP contribution is 2.14. The van der Waals surface area contributed by atoms with Gasteiger partial charge in [-0.2, -0.15) is 9.97 Å². The van der Waals surface area contributed by atoms with Gasteiger partial charge in [-0.3, -0.25) is 5.32 Å². The van der Waals surface area contributed by atoms with Gasteiger partial charge in [0, 0.05) is 6.54 Å². The summed E-state index contributed by atoms with van der Waals surface area (Å²) in [6.45, 7) is 11.3. The van der Waals surface area contributed by atoms with Gasteiger partial charge >= 0.3 is 5.95 Å². The van der Waals surface area contributed by atoms with Crippen LogP contribution >= 0.6 is 11.8 Å². The molecule has 2 heterocycles. The Morgan fingerprint density at radius 1 is 1.12 bits per heavy atom. The Labute approximate surface area is 167 Å². The number of nitrogens with two attached hydrogens (primary N) is 1. The molecule has 7 nitrogen and oxygen atoms in total. The lowest BCUT2D eigenvalue weighted by molar-refractivity contribution is -0.905. The highest BCUT2D eigenvalue weighted by Gasteiger charge is 2.15. The molecule has 1 aliphatic heterocycles. The number of rotatable bonds is 10. The van der Waals surface area contributed by atoms with Crippen molar-refractivity contribution in [3.8, 4) is 0 Å². The van der Waals surface area contributed by atoms with Crippen LogP contribution in [0.15, 0.2) is 5.16 Å². The van der Waals surface area contributed by atoms with Crippen LogP contribution < -0.4 is 40.3 Å². The average molecular weight is 413 g/mol. The summed E-state index contributed by atoms with van der Waals surface area (Å²) in [5.41, 5.74) is 0. The van der Waals surface area contributed by atoms with Crippen molar-refractivity contribution in [3.63, 3.8) is 0 Å². The largest absolute Gasteiger partial charge is 1.00 e. The van der Waals surface area contributed by atoms with Gasteiger partial charge in [0.15, 0.2) is 5.16 Å². The van der Waals surface area contributed by atoms with Crippen LogP contribution in [-0.4, -0.2) is 66.6 Å². The van der Waals surface area contributed by atoms with Crippen molar-refractivity contribution in [1.29, 1.82) is 0 Å². The summed E-state index contributed by atoms with van der Waals surface area (Å²) in [5, 5.41) is 6.19. The SMILES string of the molecule is CCCNc1nc([NH2+]CCC)nc(SCC[NH+]2CCOCC2)n1.[Cl-].[Cl-]. The van der Waals surface area contributed by atoms with Gasteiger partial charge in [0.05, 0.1) is 32.1 Å². The standard InChI is InChI=1S/C15H28N6OS.2ClH/c1-3-5-16-13-18-14(17-6-4-2)20-15(19-13)23-12-9-21-7-10-22-11-8-21;;/h3-12H2,1-2H3,(H2,16,17,18,19,20);2*1H. The molecule has 1 aliphatic rings. The van der Waals surface area contributed by atoms with Crippen LogP contribution in [0.4, 0.5) is 11.9 Å². The summed E-state index contributed by atoms with van der Waals surface area (Å²) < 4.78 is 5.40. The zero-order valence-corrected chi connectivity index (χ0v) is 17.4. The van der Waals surface area contributed by atoms with Crippen LogP contribution in [0.25, 0.3) is 0 Å². The zero-order chi connectivity index (χ0) is 16.3. The fourth-order valence-corrected chi connectivity index (χ4v) is 3.20. The Bertz CT molecular complexity index is 439. The molecular weight excluding hydrogens is 383 g/mol. The Morgan fingerprint density at radius 3 is 2.56 bits per heavy atom. The summed E-state index contributed by atoms with van der Waals surface area (Å²) in [6, 6.07) is 0. The molecule has 2 rings (SSSR count). The Morgan fingerprint density at radius 2 is 1.88 bits per heavy atom. The number of hydrogen-bond donors (Lipinski definition) is 3. The van der Waals surface area contributed by atoms with Crippen molar-refractivity contribution in [1.82, 2.24) is 15.0 Å². The van der Waals surface area contributed by atoms with E-state index in [1.807, 2.05) is 0 Å². The van der Waals surface area contributed by atoms with E-state index in [-0.39, 0.29) is 24.8 Å². The van der Waals surface area contributed by atoms with Gasteiger partial charge in [0.2, 0.25) is 5.95 Å². The monoisotopic (exact) mass is 412 g/mol. The van der Waals surface area contributed by atoms with Crippen LogP contribution in [0.2, 0.25) is 0 Å². The summed E-state index contributed by atoms with van der Waals surface area (Å²) in [6.07, 6.45) is 2.16. The number of thioether (sulfide) groups is 1. The van der Waals surface area contributed by atoms with E-state index in [2.05, 4.69) is 39.4 Å². The minimum atomic E-state index is 0. The molecule has 0 radical (unpaired) electrons. The van der Waals surface area contributed by atoms with Gasteiger partial charge in [0.1, 0.15) is 13.1 Å². The molecule has 0 unspecified atom stereocenters. The van der Waals surface area contributed by atoms with Crippen LogP contribution in [-0.2, 0) is 4.74 Å². The highest BCUT2D eigenvalue weighted by atomic mass is 35.5. The number of nitrogens with zero attached hydrogens (tertiary/aromatic N) is 3. The molecule has 1 saturated heterocycles. The third-order valence-corrected chi connectivity index (χ3v) is 4.52. The maximum Gasteiger partial charge on any atom is 0.331 e. The lowest BCUT2D eigenvalue weighted by Gasteiger charge is -2.23. The topological polar surface area (TPSA) is 81.0 Å². The number of anilines is 1. The highest BCUT2D eigenvalue weighted by molar-refractivity contribution is 7.99. The van der Waals surface area contributed by atoms with Crippen LogP contribution in [0, 0.1) is 0 Å². The molecule has 1 aromatic heterocycles. The maximum absolute atomic E-state index is 5.40. The molecule has 0 atom stereocenters. The molecular formula is C15H30Cl2N6OS. The quantitative estimate of drug-likeness (QED) is 0.331. The first kappa shape index (κ1) is 24.6. The second-order valence-corrected chi connectivity index (χ2v) is 6.74. The van der Waals surface area contributed by atoms with Gasteiger partial charge in [-0.15, -0.1) is 4.98 Å². The second kappa shape index (κ2) is 14.8. The van der Waals surface area contributed by atoms with E-state index in [9.17, 15) is 0 Å². The average Bonchev–Trinajstić information content (AvgIpc) is 2.59. The van der Waals surface area contributed by atoms with Crippen molar-refractivity contribution in [2.75, 3.05) is 57.0 Å². The fraction of sp³-hybridized carbons (Fsp3) is 0.800. The number of ether oxygens (including phenoxy) is 1. The maximum atomic E-state index is 5.40. The van der Waals surface area contributed by atoms with E-state index in [1.165, 1.54) is 0 Å². The smallest absolute Gasteiger partial charge is 0.331 e. The zero-order valence-electron chi connectivity index (χ0n) is 15.1. The van der Waals surface area contributed by atoms with E-state index in [4.69, 9.17) is 4.74 Å². The normalized spacial score (nSPS) is 14.5. The number of morpholine rings is 1. The van der Waals surface area contributed by atoms with Gasteiger partial charge in [-0.1, -0.05) is 25.6 Å². The first-order valence-corrected chi connectivity index (χ1v) is 9.67. The van der Waals surface area contributed by atoms with E-state index >= 15 is 0 Å². The van der Waals surface area contributed by atoms with Gasteiger partial charge in [-0.05, 0) is 12.8 Å². The minimum Gasteiger partial charge on any atom is -1.00 e. The van der Waals surface area contributed by atoms with Crippen LogP contribution in [0.5, 0.6) is 0 Å². The molecule has 0 amide bonds. The Hall–Kier alpha value is -0.380. The van der Waals surface area contributed by atoms with E-state index < -0.39 is 0 Å². The second-order valence-electron chi connectivity index (χ2n) is 5.68. The van der Waals surface area contributed by atoms with Gasteiger partial charge in [0.25, 0.3) is 0 Å². The number of hydrogen-bond acceptors (Lipinski definition) is 6. The molecule has 0 saturated carbocycles. The van der Waals surface area contributed by atoms with Crippen molar-refractivity contribution >= 4 is 23.7 Å². The molecule has 10 heteroatoms. The van der Waals surface area contributed by atoms with E-state index in [0.717, 1.165) is 75.6 Å². The van der Waals surface area contributed by atoms with Crippen molar-refractivity contribution in [2.24, 2.45) is 0 Å². The summed E-state index contributed by atoms with van der Waals surface area (Å²) in [4.78, 5) is 15.2. The van der Waals surface area contributed by atoms with Gasteiger partial charge < -0.3 is 39.8 Å². The molecule has 25 heavy (non-hydrogen) atoms. The first-order chi connectivity index (χ1) is 11.3. The lowest BCUT2D eigenvalue weighted by Crippen LogP contribution is -3.14. The third-order valence-electron chi connectivity index (χ3n) is 3.67. The molecule has 1 aromatic rings. The molecule has 1 fully saturated rings. The van der Waals surface area contributed by atoms with Crippen LogP contribution in [0.3, 0.4) is 0 Å². The van der Waals surface area contributed by atoms with Crippen molar-refractivity contribution < 1.29 is 39.8 Å². The molecule has 0 aromatic carbocycles. The van der Waals surface area contributed by atoms with Crippen LogP contribution in [0.1, 0.15) is 26.7 Å². The summed E-state index contributed by atoms with van der Waals surface area (Å²) in [5.74, 6) is 2.52. The van der Waals surface area contributed by atoms with E-state index in [0.29, 0.717) is 5.95 Å². The number of nitrogens with one attached hydrogen (secondary N) is 2. The molecule has 0 bridgehead atoms. The summed E-state index contributed by atoms with van der Waals surface area (Å²) in [7, 11) is 0. The number of halogens is 2. The van der Waals surface area contributed by atoms with Crippen molar-refractivity contribution in [2.45, 2.75) is 31.8 Å². The minimum absolute atomic E-state index is 0. The van der Waals surface area contributed by atoms with E-state index in [1.54, 1.807) is 16.7 Å². The number of aromatic nitrogens is 3. The predicted octanol–water partition coefficient (Wildman–Crippen LogP) is -6.69. The first-order valence-electron chi connectivity index (χ1n) is 8.69. The number of quaternary nitrogens is 2. The Kier molecular flexibility index (Phi) is 14.5. The van der Waals surface area contributed by atoms with Crippen molar-refractivity contribution in [3.05, 3.63) is 0 Å². The fourth-order valence-electron chi connectivity index (χ4n) is 2.31. The molecule has 0 aliphatic carbocycles. The molecule has 146 valence electrons. The van der Waals surface area contributed by atoms with Gasteiger partial charge in [-0.25, -0.2) is 0 Å². The molecule has 4 N–H and O–H groups in total. The lowest BCUT2D eigenvalue weighted by atomic mass is 10.4. The third kappa shape index (κ3) is 9.77. The Balaban J connectivity index is 0.00000288. The molecule has 0 spiro atoms. The predicted molar refractivity (Wildman–Crippen MR) is 92.5 cm³/mol. The summed E-state index contributed by atoms with van der Waals surface area (Å²) >= 11 is 1.73.